The number of hydrogen-bond donors (Lipinski definition) is 1. The van der Waals surface area contributed by atoms with E-state index in [-0.39, 0.29) is 5.56 Å². The molecule has 0 aliphatic carbocycles. The third-order valence-electron chi connectivity index (χ3n) is 6.49. The van der Waals surface area contributed by atoms with E-state index < -0.39 is 27.6 Å². The number of nitrogens with zero attached hydrogens (tertiary/aromatic N) is 7. The SMILES string of the molecule is CS(=O)(=O)N1CCN(Cc2cn3cc(-c4cnc(N)c(C(F)(F)F)c4)nc(N4CCOCC4)c3n2)CC1. The lowest BCUT2D eigenvalue weighted by molar-refractivity contribution is -0.137. The molecule has 0 aromatic carbocycles. The van der Waals surface area contributed by atoms with E-state index in [0.29, 0.717) is 76.2 Å². The number of hydrogen-bond acceptors (Lipinski definition) is 9. The Kier molecular flexibility index (Phi) is 6.72. The van der Waals surface area contributed by atoms with Crippen molar-refractivity contribution in [1.82, 2.24) is 28.6 Å². The minimum Gasteiger partial charge on any atom is -0.383 e. The van der Waals surface area contributed by atoms with Crippen LogP contribution in [0.5, 0.6) is 0 Å². The Morgan fingerprint density at radius 3 is 2.41 bits per heavy atom. The average Bonchev–Trinajstić information content (AvgIpc) is 3.25. The molecule has 11 nitrogen and oxygen atoms in total. The zero-order valence-electron chi connectivity index (χ0n) is 20.1. The van der Waals surface area contributed by atoms with Crippen LogP contribution >= 0.6 is 0 Å². The number of rotatable bonds is 5. The van der Waals surface area contributed by atoms with Crippen LogP contribution in [0.1, 0.15) is 11.3 Å². The van der Waals surface area contributed by atoms with E-state index in [2.05, 4.69) is 9.88 Å². The summed E-state index contributed by atoms with van der Waals surface area (Å²) in [5.74, 6) is -0.0500. The van der Waals surface area contributed by atoms with Gasteiger partial charge in [0.15, 0.2) is 11.5 Å². The summed E-state index contributed by atoms with van der Waals surface area (Å²) in [6, 6.07) is 0.957. The Bertz CT molecular complexity index is 1400. The summed E-state index contributed by atoms with van der Waals surface area (Å²) < 4.78 is 72.7. The van der Waals surface area contributed by atoms with Gasteiger partial charge in [0.1, 0.15) is 5.82 Å². The number of ether oxygens (including phenoxy) is 1. The zero-order valence-corrected chi connectivity index (χ0v) is 21.0. The molecule has 15 heteroatoms. The van der Waals surface area contributed by atoms with Crippen molar-refractivity contribution >= 4 is 27.3 Å². The Morgan fingerprint density at radius 1 is 1.05 bits per heavy atom. The molecule has 0 unspecified atom stereocenters. The Morgan fingerprint density at radius 2 is 1.76 bits per heavy atom. The monoisotopic (exact) mass is 540 g/mol. The molecule has 2 aliphatic rings. The molecule has 200 valence electrons. The predicted octanol–water partition coefficient (Wildman–Crippen LogP) is 1.31. The lowest BCUT2D eigenvalue weighted by Gasteiger charge is -2.32. The molecule has 2 N–H and O–H groups in total. The molecule has 5 heterocycles. The van der Waals surface area contributed by atoms with Crippen LogP contribution in [0.2, 0.25) is 0 Å². The number of halogens is 3. The number of alkyl halides is 3. The van der Waals surface area contributed by atoms with Gasteiger partial charge in [-0.15, -0.1) is 0 Å². The quantitative estimate of drug-likeness (QED) is 0.510. The van der Waals surface area contributed by atoms with E-state index in [9.17, 15) is 21.6 Å². The molecule has 0 atom stereocenters. The van der Waals surface area contributed by atoms with Crippen LogP contribution in [0, 0.1) is 0 Å². The fraction of sp³-hybridized carbons (Fsp3) is 0.500. The molecule has 0 radical (unpaired) electrons. The summed E-state index contributed by atoms with van der Waals surface area (Å²) in [4.78, 5) is 17.4. The number of fused-ring (bicyclic) bond motifs is 1. The zero-order chi connectivity index (χ0) is 26.4. The summed E-state index contributed by atoms with van der Waals surface area (Å²) in [5.41, 5.74) is 6.28. The first kappa shape index (κ1) is 25.6. The normalized spacial score (nSPS) is 18.5. The molecule has 2 saturated heterocycles. The summed E-state index contributed by atoms with van der Waals surface area (Å²) in [7, 11) is -3.23. The Labute approximate surface area is 211 Å². The largest absolute Gasteiger partial charge is 0.419 e. The molecular weight excluding hydrogens is 513 g/mol. The molecule has 3 aromatic heterocycles. The number of pyridine rings is 1. The molecule has 2 fully saturated rings. The molecule has 0 amide bonds. The van der Waals surface area contributed by atoms with Crippen LogP contribution < -0.4 is 10.6 Å². The first-order chi connectivity index (χ1) is 17.5. The van der Waals surface area contributed by atoms with E-state index >= 15 is 0 Å². The van der Waals surface area contributed by atoms with Crippen LogP contribution in [0.4, 0.5) is 24.8 Å². The number of anilines is 2. The molecule has 5 rings (SSSR count). The van der Waals surface area contributed by atoms with Crippen LogP contribution in [-0.4, -0.2) is 95.7 Å². The highest BCUT2D eigenvalue weighted by Gasteiger charge is 2.34. The maximum atomic E-state index is 13.5. The van der Waals surface area contributed by atoms with Crippen molar-refractivity contribution < 1.29 is 26.3 Å². The minimum atomic E-state index is -4.65. The highest BCUT2D eigenvalue weighted by atomic mass is 32.2. The third kappa shape index (κ3) is 5.49. The minimum absolute atomic E-state index is 0.185. The lowest BCUT2D eigenvalue weighted by Crippen LogP contribution is -2.47. The number of sulfonamides is 1. The maximum Gasteiger partial charge on any atom is 0.419 e. The second-order valence-corrected chi connectivity index (χ2v) is 11.1. The smallest absolute Gasteiger partial charge is 0.383 e. The van der Waals surface area contributed by atoms with Gasteiger partial charge in [0, 0.05) is 70.0 Å². The standard InChI is InChI=1S/C22H27F3N8O3S/c1-37(34,35)33-4-2-30(3-5-33)12-16-13-32-14-18(15-10-17(22(23,24)25)19(26)27-11-15)29-21(20(32)28-16)31-6-8-36-9-7-31/h10-11,13-14H,2-9,12H2,1H3,(H2,26,27). The van der Waals surface area contributed by atoms with Gasteiger partial charge in [0.05, 0.1) is 36.4 Å². The van der Waals surface area contributed by atoms with Gasteiger partial charge in [-0.25, -0.2) is 23.4 Å². The number of nitrogens with two attached hydrogens (primary N) is 1. The van der Waals surface area contributed by atoms with Gasteiger partial charge in [0.25, 0.3) is 0 Å². The van der Waals surface area contributed by atoms with E-state index in [4.69, 9.17) is 20.4 Å². The average molecular weight is 541 g/mol. The van der Waals surface area contributed by atoms with E-state index in [1.54, 1.807) is 10.6 Å². The van der Waals surface area contributed by atoms with E-state index in [1.165, 1.54) is 16.8 Å². The lowest BCUT2D eigenvalue weighted by atomic mass is 10.1. The van der Waals surface area contributed by atoms with Crippen LogP contribution in [0.3, 0.4) is 0 Å². The molecular formula is C22H27F3N8O3S. The molecule has 2 aliphatic heterocycles. The second-order valence-electron chi connectivity index (χ2n) is 9.11. The van der Waals surface area contributed by atoms with E-state index in [1.807, 2.05) is 11.1 Å². The summed E-state index contributed by atoms with van der Waals surface area (Å²) in [5, 5.41) is 0. The van der Waals surface area contributed by atoms with Crippen LogP contribution in [-0.2, 0) is 27.5 Å². The first-order valence-corrected chi connectivity index (χ1v) is 13.6. The topological polar surface area (TPSA) is 122 Å². The van der Waals surface area contributed by atoms with Gasteiger partial charge >= 0.3 is 6.18 Å². The highest BCUT2D eigenvalue weighted by molar-refractivity contribution is 7.88. The van der Waals surface area contributed by atoms with E-state index in [0.717, 1.165) is 11.8 Å². The van der Waals surface area contributed by atoms with Gasteiger partial charge in [-0.2, -0.15) is 17.5 Å². The Balaban J connectivity index is 1.49. The number of piperazine rings is 1. The van der Waals surface area contributed by atoms with Gasteiger partial charge in [0.2, 0.25) is 10.0 Å². The second kappa shape index (κ2) is 9.70. The molecule has 37 heavy (non-hydrogen) atoms. The van der Waals surface area contributed by atoms with Crippen molar-refractivity contribution in [2.75, 3.05) is 69.4 Å². The number of nitrogen functional groups attached to an aromatic ring is 1. The molecule has 0 saturated carbocycles. The van der Waals surface area contributed by atoms with Crippen molar-refractivity contribution in [2.45, 2.75) is 12.7 Å². The molecule has 0 bridgehead atoms. The number of aromatic nitrogens is 4. The molecule has 3 aromatic rings. The fourth-order valence-electron chi connectivity index (χ4n) is 4.53. The number of imidazole rings is 1. The summed E-state index contributed by atoms with van der Waals surface area (Å²) >= 11 is 0. The fourth-order valence-corrected chi connectivity index (χ4v) is 5.35. The van der Waals surface area contributed by atoms with Gasteiger partial charge in [-0.3, -0.25) is 4.90 Å². The van der Waals surface area contributed by atoms with Crippen molar-refractivity contribution in [3.63, 3.8) is 0 Å². The van der Waals surface area contributed by atoms with Gasteiger partial charge in [-0.1, -0.05) is 0 Å². The summed E-state index contributed by atoms with van der Waals surface area (Å²) in [6.45, 7) is 4.57. The van der Waals surface area contributed by atoms with Gasteiger partial charge in [-0.05, 0) is 6.07 Å². The first-order valence-electron chi connectivity index (χ1n) is 11.7. The number of morpholine rings is 1. The Hall–Kier alpha value is -3.01. The third-order valence-corrected chi connectivity index (χ3v) is 7.79. The van der Waals surface area contributed by atoms with Crippen molar-refractivity contribution in [3.8, 4) is 11.3 Å². The van der Waals surface area contributed by atoms with Crippen LogP contribution in [0.15, 0.2) is 24.7 Å². The van der Waals surface area contributed by atoms with Crippen molar-refractivity contribution in [1.29, 1.82) is 0 Å². The highest BCUT2D eigenvalue weighted by Crippen LogP contribution is 2.35. The van der Waals surface area contributed by atoms with Crippen molar-refractivity contribution in [2.24, 2.45) is 0 Å². The van der Waals surface area contributed by atoms with Crippen LogP contribution in [0.25, 0.3) is 16.9 Å². The molecule has 0 spiro atoms. The predicted molar refractivity (Wildman–Crippen MR) is 130 cm³/mol. The van der Waals surface area contributed by atoms with Crippen molar-refractivity contribution in [3.05, 3.63) is 35.9 Å². The maximum absolute atomic E-state index is 13.5. The summed E-state index contributed by atoms with van der Waals surface area (Å²) in [6.07, 6.45) is 1.29. The van der Waals surface area contributed by atoms with Gasteiger partial charge < -0.3 is 19.8 Å².